The lowest BCUT2D eigenvalue weighted by molar-refractivity contribution is -0.113. The van der Waals surface area contributed by atoms with Crippen molar-refractivity contribution in [1.29, 1.82) is 0 Å². The van der Waals surface area contributed by atoms with Gasteiger partial charge in [-0.2, -0.15) is 8.78 Å². The van der Waals surface area contributed by atoms with Crippen molar-refractivity contribution < 1.29 is 23.0 Å². The summed E-state index contributed by atoms with van der Waals surface area (Å²) in [6.07, 6.45) is 0. The molecule has 27 heavy (non-hydrogen) atoms. The van der Waals surface area contributed by atoms with Crippen LogP contribution in [0.3, 0.4) is 0 Å². The van der Waals surface area contributed by atoms with E-state index in [1.54, 1.807) is 12.1 Å². The Hall–Kier alpha value is -2.28. The highest BCUT2D eigenvalue weighted by molar-refractivity contribution is 7.99. The van der Waals surface area contributed by atoms with Crippen LogP contribution in [0.2, 0.25) is 0 Å². The predicted molar refractivity (Wildman–Crippen MR) is 105 cm³/mol. The summed E-state index contributed by atoms with van der Waals surface area (Å²) in [5.41, 5.74) is 2.78. The second kappa shape index (κ2) is 10.2. The molecule has 0 saturated carbocycles. The van der Waals surface area contributed by atoms with Gasteiger partial charge >= 0.3 is 6.61 Å². The number of para-hydroxylation sites is 1. The van der Waals surface area contributed by atoms with Crippen LogP contribution in [0.1, 0.15) is 30.9 Å². The molecule has 0 bridgehead atoms. The number of thioether (sulfide) groups is 1. The van der Waals surface area contributed by atoms with E-state index in [1.807, 2.05) is 24.3 Å². The number of carbonyl (C=O) groups is 1. The first-order valence-electron chi connectivity index (χ1n) is 8.49. The summed E-state index contributed by atoms with van der Waals surface area (Å²) in [7, 11) is 1.39. The minimum absolute atomic E-state index is 0.00992. The van der Waals surface area contributed by atoms with Gasteiger partial charge in [0.1, 0.15) is 0 Å². The zero-order valence-electron chi connectivity index (χ0n) is 15.5. The van der Waals surface area contributed by atoms with Gasteiger partial charge in [-0.05, 0) is 35.2 Å². The van der Waals surface area contributed by atoms with E-state index in [-0.39, 0.29) is 23.2 Å². The molecule has 0 unspecified atom stereocenters. The SMILES string of the molecule is COc1cc(CSCC(=O)Nc2ccccc2C(C)C)ccc1OC(F)F. The summed E-state index contributed by atoms with van der Waals surface area (Å²) >= 11 is 1.43. The monoisotopic (exact) mass is 395 g/mol. The molecule has 2 rings (SSSR count). The van der Waals surface area contributed by atoms with Gasteiger partial charge in [-0.15, -0.1) is 11.8 Å². The summed E-state index contributed by atoms with van der Waals surface area (Å²) in [5.74, 6) is 1.29. The maximum atomic E-state index is 12.4. The Kier molecular flexibility index (Phi) is 7.91. The van der Waals surface area contributed by atoms with Crippen molar-refractivity contribution in [2.24, 2.45) is 0 Å². The predicted octanol–water partition coefficient (Wildman–Crippen LogP) is 5.29. The minimum atomic E-state index is -2.91. The summed E-state index contributed by atoms with van der Waals surface area (Å²) in [4.78, 5) is 12.2. The third-order valence-electron chi connectivity index (χ3n) is 3.80. The lowest BCUT2D eigenvalue weighted by atomic mass is 10.0. The van der Waals surface area contributed by atoms with Gasteiger partial charge in [0.25, 0.3) is 0 Å². The topological polar surface area (TPSA) is 47.6 Å². The van der Waals surface area contributed by atoms with E-state index >= 15 is 0 Å². The number of ether oxygens (including phenoxy) is 2. The van der Waals surface area contributed by atoms with Gasteiger partial charge in [0.05, 0.1) is 12.9 Å². The zero-order chi connectivity index (χ0) is 19.8. The molecule has 0 saturated heterocycles. The van der Waals surface area contributed by atoms with Crippen molar-refractivity contribution in [2.75, 3.05) is 18.2 Å². The van der Waals surface area contributed by atoms with Gasteiger partial charge in [-0.25, -0.2) is 0 Å². The van der Waals surface area contributed by atoms with Crippen LogP contribution in [-0.2, 0) is 10.5 Å². The van der Waals surface area contributed by atoms with Gasteiger partial charge in [-0.3, -0.25) is 4.79 Å². The van der Waals surface area contributed by atoms with Gasteiger partial charge < -0.3 is 14.8 Å². The number of hydrogen-bond acceptors (Lipinski definition) is 4. The number of alkyl halides is 2. The molecular formula is C20H23F2NO3S. The van der Waals surface area contributed by atoms with E-state index < -0.39 is 6.61 Å². The first kappa shape index (κ1) is 21.0. The highest BCUT2D eigenvalue weighted by atomic mass is 32.2. The number of nitrogens with one attached hydrogen (secondary N) is 1. The third-order valence-corrected chi connectivity index (χ3v) is 4.81. The van der Waals surface area contributed by atoms with Crippen molar-refractivity contribution in [2.45, 2.75) is 32.1 Å². The molecule has 0 aromatic heterocycles. The fourth-order valence-electron chi connectivity index (χ4n) is 2.56. The third kappa shape index (κ3) is 6.43. The Morgan fingerprint density at radius 3 is 2.56 bits per heavy atom. The Balaban J connectivity index is 1.90. The largest absolute Gasteiger partial charge is 0.493 e. The number of benzene rings is 2. The summed E-state index contributed by atoms with van der Waals surface area (Å²) in [5, 5.41) is 2.94. The molecule has 1 amide bonds. The van der Waals surface area contributed by atoms with Crippen LogP contribution in [-0.4, -0.2) is 25.4 Å². The van der Waals surface area contributed by atoms with E-state index in [4.69, 9.17) is 4.74 Å². The van der Waals surface area contributed by atoms with Crippen molar-refractivity contribution in [1.82, 2.24) is 0 Å². The number of carbonyl (C=O) groups excluding carboxylic acids is 1. The van der Waals surface area contributed by atoms with Gasteiger partial charge in [0.15, 0.2) is 11.5 Å². The highest BCUT2D eigenvalue weighted by Crippen LogP contribution is 2.31. The van der Waals surface area contributed by atoms with Crippen molar-refractivity contribution in [3.05, 3.63) is 53.6 Å². The van der Waals surface area contributed by atoms with E-state index in [1.165, 1.54) is 24.9 Å². The molecule has 1 N–H and O–H groups in total. The van der Waals surface area contributed by atoms with E-state index in [9.17, 15) is 13.6 Å². The molecule has 0 spiro atoms. The van der Waals surface area contributed by atoms with E-state index in [0.717, 1.165) is 16.8 Å². The maximum Gasteiger partial charge on any atom is 0.387 e. The van der Waals surface area contributed by atoms with Crippen LogP contribution in [0.25, 0.3) is 0 Å². The fraction of sp³-hybridized carbons (Fsp3) is 0.350. The minimum Gasteiger partial charge on any atom is -0.493 e. The number of hydrogen-bond donors (Lipinski definition) is 1. The molecule has 146 valence electrons. The molecule has 0 fully saturated rings. The van der Waals surface area contributed by atoms with Gasteiger partial charge in [0.2, 0.25) is 5.91 Å². The number of amides is 1. The first-order chi connectivity index (χ1) is 12.9. The number of rotatable bonds is 9. The molecule has 0 aliphatic heterocycles. The molecule has 0 aliphatic carbocycles. The highest BCUT2D eigenvalue weighted by Gasteiger charge is 2.12. The van der Waals surface area contributed by atoms with Crippen molar-refractivity contribution in [3.8, 4) is 11.5 Å². The second-order valence-electron chi connectivity index (χ2n) is 6.15. The molecule has 2 aromatic rings. The summed E-state index contributed by atoms with van der Waals surface area (Å²) < 4.78 is 34.2. The zero-order valence-corrected chi connectivity index (χ0v) is 16.3. The van der Waals surface area contributed by atoms with Crippen LogP contribution in [0.15, 0.2) is 42.5 Å². The Labute approximate surface area is 162 Å². The number of methoxy groups -OCH3 is 1. The Bertz CT molecular complexity index is 769. The summed E-state index contributed by atoms with van der Waals surface area (Å²) in [6.45, 7) is 1.25. The van der Waals surface area contributed by atoms with Crippen LogP contribution >= 0.6 is 11.8 Å². The second-order valence-corrected chi connectivity index (χ2v) is 7.13. The van der Waals surface area contributed by atoms with Crippen LogP contribution < -0.4 is 14.8 Å². The van der Waals surface area contributed by atoms with E-state index in [2.05, 4.69) is 23.9 Å². The van der Waals surface area contributed by atoms with Crippen molar-refractivity contribution in [3.63, 3.8) is 0 Å². The van der Waals surface area contributed by atoms with E-state index in [0.29, 0.717) is 11.7 Å². The maximum absolute atomic E-state index is 12.4. The molecular weight excluding hydrogens is 372 g/mol. The number of halogens is 2. The lowest BCUT2D eigenvalue weighted by Crippen LogP contribution is -2.15. The first-order valence-corrected chi connectivity index (χ1v) is 9.64. The molecule has 0 radical (unpaired) electrons. The van der Waals surface area contributed by atoms with Crippen LogP contribution in [0.4, 0.5) is 14.5 Å². The molecule has 4 nitrogen and oxygen atoms in total. The molecule has 2 aromatic carbocycles. The average Bonchev–Trinajstić information content (AvgIpc) is 2.62. The summed E-state index contributed by atoms with van der Waals surface area (Å²) in [6, 6.07) is 12.5. The van der Waals surface area contributed by atoms with Crippen LogP contribution in [0, 0.1) is 0 Å². The number of anilines is 1. The van der Waals surface area contributed by atoms with Crippen molar-refractivity contribution >= 4 is 23.4 Å². The molecule has 0 atom stereocenters. The molecule has 0 aliphatic rings. The Morgan fingerprint density at radius 1 is 1.15 bits per heavy atom. The van der Waals surface area contributed by atoms with Crippen LogP contribution in [0.5, 0.6) is 11.5 Å². The lowest BCUT2D eigenvalue weighted by Gasteiger charge is -2.14. The fourth-order valence-corrected chi connectivity index (χ4v) is 3.33. The average molecular weight is 395 g/mol. The smallest absolute Gasteiger partial charge is 0.387 e. The van der Waals surface area contributed by atoms with Gasteiger partial charge in [0, 0.05) is 11.4 Å². The normalized spacial score (nSPS) is 10.9. The molecule has 0 heterocycles. The Morgan fingerprint density at radius 2 is 1.89 bits per heavy atom. The molecule has 7 heteroatoms. The standard InChI is InChI=1S/C20H23F2NO3S/c1-13(2)15-6-4-5-7-16(15)23-19(24)12-27-11-14-8-9-17(26-20(21)22)18(10-14)25-3/h4-10,13,20H,11-12H2,1-3H3,(H,23,24). The van der Waals surface area contributed by atoms with Gasteiger partial charge in [-0.1, -0.05) is 38.1 Å². The quantitative estimate of drug-likeness (QED) is 0.627.